The first-order valence-corrected chi connectivity index (χ1v) is 26.8. The van der Waals surface area contributed by atoms with Gasteiger partial charge in [-0.05, 0) is 59.4 Å². The third-order valence-corrected chi connectivity index (χ3v) is 15.5. The first-order valence-electron chi connectivity index (χ1n) is 25.6. The monoisotopic (exact) mass is 1080 g/mol. The van der Waals surface area contributed by atoms with E-state index >= 15 is 0 Å². The van der Waals surface area contributed by atoms with E-state index in [1.165, 1.54) is 4.90 Å². The second-order valence-corrected chi connectivity index (χ2v) is 23.0. The lowest BCUT2D eigenvalue weighted by atomic mass is 9.49. The van der Waals surface area contributed by atoms with Crippen molar-refractivity contribution < 1.29 is 52.8 Å². The molecular weight excluding hydrogens is 1010 g/mol. The van der Waals surface area contributed by atoms with E-state index < -0.39 is 46.2 Å². The third kappa shape index (κ3) is 13.8. The van der Waals surface area contributed by atoms with Crippen molar-refractivity contribution in [2.75, 3.05) is 65.9 Å². The van der Waals surface area contributed by atoms with Crippen molar-refractivity contribution in [2.45, 2.75) is 105 Å². The highest BCUT2D eigenvalue weighted by atomic mass is 35.5. The van der Waals surface area contributed by atoms with Gasteiger partial charge in [0, 0.05) is 66.7 Å². The lowest BCUT2D eigenvalue weighted by Gasteiger charge is -2.63. The van der Waals surface area contributed by atoms with Crippen LogP contribution in [0.5, 0.6) is 5.75 Å². The summed E-state index contributed by atoms with van der Waals surface area (Å²) < 4.78 is 28.8. The Morgan fingerprint density at radius 1 is 0.921 bits per heavy atom. The highest BCUT2D eigenvalue weighted by molar-refractivity contribution is 7.13. The Labute approximate surface area is 453 Å². The number of amides is 5. The second kappa shape index (κ2) is 25.0. The van der Waals surface area contributed by atoms with Crippen LogP contribution in [0.3, 0.4) is 0 Å². The molecule has 1 saturated carbocycles. The molecule has 4 aromatic rings. The Morgan fingerprint density at radius 3 is 2.20 bits per heavy atom. The molecule has 0 bridgehead atoms. The Morgan fingerprint density at radius 2 is 1.58 bits per heavy atom. The Bertz CT molecular complexity index is 2760. The number of β-amino-alcohol motifs (C(OH)–C–C–N with tert-alkyl or cyclic N) is 1. The summed E-state index contributed by atoms with van der Waals surface area (Å²) in [5.41, 5.74) is 5.27. The minimum absolute atomic E-state index is 0.0318. The fourth-order valence-electron chi connectivity index (χ4n) is 10.5. The molecule has 0 radical (unpaired) electrons. The Balaban J connectivity index is 0.735. The minimum Gasteiger partial charge on any atom is -0.489 e. The summed E-state index contributed by atoms with van der Waals surface area (Å²) in [6.07, 6.45) is -1.05. The van der Waals surface area contributed by atoms with Crippen LogP contribution in [0.2, 0.25) is 5.02 Å². The molecule has 7 rings (SSSR count). The number of likely N-dealkylation sites (tertiary alicyclic amines) is 1. The maximum absolute atomic E-state index is 14.0. The number of aliphatic hydroxyl groups is 1. The molecule has 1 aromatic heterocycles. The SMILES string of the molecule is Cc1ncsc1-c1ccc(CNC(=O)[C@@H]2C[C@@H](O)CN2C(=O)[C@@H](NC(=O)COCCOCCOCCOCCN2Cc3cc(C(=O)NC4C(C)(C)C(Oc5ccc(C#N)c(Cl)c5)C4(C)C)ccc3C2=O)C(C)(C)C)cc1. The molecule has 0 unspecified atom stereocenters. The van der Waals surface area contributed by atoms with Crippen LogP contribution in [-0.2, 0) is 46.4 Å². The number of thiazole rings is 1. The van der Waals surface area contributed by atoms with Crippen LogP contribution in [0.4, 0.5) is 0 Å². The number of aryl methyl sites for hydroxylation is 1. The van der Waals surface area contributed by atoms with Gasteiger partial charge in [0.2, 0.25) is 17.7 Å². The molecule has 3 aliphatic rings. The molecule has 18 nitrogen and oxygen atoms in total. The standard InChI is InChI=1S/C56H70ClN7O11S/c1-34-46(76-33-60-34)36-11-9-35(10-12-36)29-59-49(68)44-26-40(65)31-64(44)51(70)47(54(2,3)4)61-45(66)32-74-24-23-73-22-21-72-20-19-71-18-17-63-30-39-25-37(14-16-42(39)50(63)69)48(67)62-52-55(5,6)53(56(52,7)8)75-41-15-13-38(28-58)43(57)27-41/h9-16,25,27,33,40,44,47,52-53,65H,17-24,26,29-32H2,1-8H3,(H,59,68)(H,61,66)(H,62,67)/t40-,44+,47-,52?,53?/m1/s1. The highest BCUT2D eigenvalue weighted by Crippen LogP contribution is 2.55. The van der Waals surface area contributed by atoms with Crippen LogP contribution >= 0.6 is 22.9 Å². The van der Waals surface area contributed by atoms with Gasteiger partial charge in [0.25, 0.3) is 11.8 Å². The number of ether oxygens (including phenoxy) is 5. The van der Waals surface area contributed by atoms with Crippen LogP contribution < -0.4 is 20.7 Å². The Hall–Kier alpha value is -5.98. The first-order chi connectivity index (χ1) is 36.1. The predicted molar refractivity (Wildman–Crippen MR) is 286 cm³/mol. The molecule has 3 aromatic carbocycles. The smallest absolute Gasteiger partial charge is 0.254 e. The number of nitrogens with one attached hydrogen (secondary N) is 3. The van der Waals surface area contributed by atoms with Crippen LogP contribution in [0.25, 0.3) is 10.4 Å². The van der Waals surface area contributed by atoms with Crippen molar-refractivity contribution in [3.63, 3.8) is 0 Å². The van der Waals surface area contributed by atoms with Crippen molar-refractivity contribution in [3.8, 4) is 22.3 Å². The summed E-state index contributed by atoms with van der Waals surface area (Å²) in [5, 5.41) is 29.0. The number of carbonyl (C=O) groups excluding carboxylic acids is 5. The molecule has 2 fully saturated rings. The average molecular weight is 1080 g/mol. The zero-order valence-electron chi connectivity index (χ0n) is 44.5. The number of halogens is 1. The predicted octanol–water partition coefficient (Wildman–Crippen LogP) is 6.09. The average Bonchev–Trinajstić information content (AvgIpc) is 4.17. The third-order valence-electron chi connectivity index (χ3n) is 14.2. The first kappa shape index (κ1) is 57.7. The van der Waals surface area contributed by atoms with E-state index in [2.05, 4.69) is 27.0 Å². The highest BCUT2D eigenvalue weighted by Gasteiger charge is 2.64. The molecule has 3 heterocycles. The quantitative estimate of drug-likeness (QED) is 0.0584. The van der Waals surface area contributed by atoms with Gasteiger partial charge < -0.3 is 54.5 Å². The van der Waals surface area contributed by atoms with Crippen LogP contribution in [0, 0.1) is 34.5 Å². The molecule has 2 aliphatic heterocycles. The number of carbonyl (C=O) groups is 5. The fourth-order valence-corrected chi connectivity index (χ4v) is 11.5. The summed E-state index contributed by atoms with van der Waals surface area (Å²) >= 11 is 7.81. The summed E-state index contributed by atoms with van der Waals surface area (Å²) in [6, 6.07) is 17.9. The van der Waals surface area contributed by atoms with Crippen molar-refractivity contribution in [1.82, 2.24) is 30.7 Å². The lowest BCUT2D eigenvalue weighted by molar-refractivity contribution is -0.164. The van der Waals surface area contributed by atoms with Crippen molar-refractivity contribution in [1.29, 1.82) is 5.26 Å². The van der Waals surface area contributed by atoms with Gasteiger partial charge in [0.05, 0.1) is 79.0 Å². The topological polar surface area (TPSA) is 231 Å². The molecule has 4 N–H and O–H groups in total. The summed E-state index contributed by atoms with van der Waals surface area (Å²) in [6.45, 7) is 18.1. The van der Waals surface area contributed by atoms with Gasteiger partial charge in [0.1, 0.15) is 36.6 Å². The number of rotatable bonds is 24. The normalized spacial score (nSPS) is 19.8. The zero-order valence-corrected chi connectivity index (χ0v) is 46.1. The summed E-state index contributed by atoms with van der Waals surface area (Å²) in [7, 11) is 0. The van der Waals surface area contributed by atoms with E-state index in [1.807, 2.05) is 79.7 Å². The molecule has 1 saturated heterocycles. The van der Waals surface area contributed by atoms with Gasteiger partial charge in [-0.25, -0.2) is 4.98 Å². The van der Waals surface area contributed by atoms with E-state index in [4.69, 9.17) is 35.3 Å². The molecule has 1 aliphatic carbocycles. The fraction of sp³-hybridized carbons (Fsp3) is 0.518. The molecule has 5 amide bonds. The number of hydrogen-bond acceptors (Lipinski definition) is 14. The maximum atomic E-state index is 14.0. The number of hydrogen-bond donors (Lipinski definition) is 4. The van der Waals surface area contributed by atoms with E-state index in [9.17, 15) is 34.3 Å². The van der Waals surface area contributed by atoms with Gasteiger partial charge in [-0.3, -0.25) is 24.0 Å². The number of benzene rings is 3. The lowest BCUT2D eigenvalue weighted by Crippen LogP contribution is -2.74. The van der Waals surface area contributed by atoms with Gasteiger partial charge >= 0.3 is 0 Å². The van der Waals surface area contributed by atoms with Gasteiger partial charge in [-0.15, -0.1) is 11.3 Å². The molecule has 0 spiro atoms. The molecule has 3 atom stereocenters. The number of aromatic nitrogens is 1. The van der Waals surface area contributed by atoms with E-state index in [0.29, 0.717) is 67.0 Å². The van der Waals surface area contributed by atoms with Crippen molar-refractivity contribution >= 4 is 52.5 Å². The summed E-state index contributed by atoms with van der Waals surface area (Å²) in [4.78, 5) is 75.6. The largest absolute Gasteiger partial charge is 0.489 e. The molecule has 20 heteroatoms. The van der Waals surface area contributed by atoms with E-state index in [1.54, 1.807) is 58.1 Å². The summed E-state index contributed by atoms with van der Waals surface area (Å²) in [5.74, 6) is -1.15. The molecule has 76 heavy (non-hydrogen) atoms. The van der Waals surface area contributed by atoms with Gasteiger partial charge in [-0.1, -0.05) is 84.3 Å². The number of nitriles is 1. The molecule has 408 valence electrons. The number of aliphatic hydroxyl groups excluding tert-OH is 1. The van der Waals surface area contributed by atoms with Crippen LogP contribution in [-0.4, -0.2) is 146 Å². The van der Waals surface area contributed by atoms with Crippen molar-refractivity contribution in [2.24, 2.45) is 16.2 Å². The Kier molecular flexibility index (Phi) is 19.0. The van der Waals surface area contributed by atoms with Crippen molar-refractivity contribution in [3.05, 3.63) is 105 Å². The van der Waals surface area contributed by atoms with Gasteiger partial charge in [-0.2, -0.15) is 5.26 Å². The zero-order chi connectivity index (χ0) is 55.0. The second-order valence-electron chi connectivity index (χ2n) is 21.7. The van der Waals surface area contributed by atoms with Crippen LogP contribution in [0.15, 0.2) is 66.2 Å². The molecular formula is C56H70ClN7O11S. The van der Waals surface area contributed by atoms with Crippen LogP contribution in [0.1, 0.15) is 98.0 Å². The number of fused-ring (bicyclic) bond motifs is 1. The minimum atomic E-state index is -0.986. The van der Waals surface area contributed by atoms with Gasteiger partial charge in [0.15, 0.2) is 0 Å². The maximum Gasteiger partial charge on any atom is 0.254 e. The number of nitrogens with zero attached hydrogens (tertiary/aromatic N) is 4. The van der Waals surface area contributed by atoms with E-state index in [0.717, 1.165) is 27.3 Å². The van der Waals surface area contributed by atoms with E-state index in [-0.39, 0.29) is 75.8 Å².